The SMILES string of the molecule is COc1ccc(-c2cc(C)no2)cc1S(=O)(=O)Nc1ccc(C)c(N(C)C)c1. The summed E-state index contributed by atoms with van der Waals surface area (Å²) < 4.78 is 39.3. The van der Waals surface area contributed by atoms with Crippen LogP contribution in [0.1, 0.15) is 11.3 Å². The molecule has 0 aliphatic rings. The van der Waals surface area contributed by atoms with E-state index in [1.807, 2.05) is 32.0 Å². The van der Waals surface area contributed by atoms with Crippen LogP contribution in [0.4, 0.5) is 11.4 Å². The third-order valence-electron chi connectivity index (χ3n) is 4.31. The maximum absolute atomic E-state index is 13.1. The van der Waals surface area contributed by atoms with Gasteiger partial charge in [-0.3, -0.25) is 4.72 Å². The molecule has 0 saturated carbocycles. The van der Waals surface area contributed by atoms with E-state index in [2.05, 4.69) is 9.88 Å². The minimum atomic E-state index is -3.89. The zero-order valence-electron chi connectivity index (χ0n) is 16.5. The second kappa shape index (κ2) is 7.55. The number of sulfonamides is 1. The number of aromatic nitrogens is 1. The molecule has 0 fully saturated rings. The highest BCUT2D eigenvalue weighted by Gasteiger charge is 2.22. The van der Waals surface area contributed by atoms with E-state index >= 15 is 0 Å². The molecule has 28 heavy (non-hydrogen) atoms. The maximum Gasteiger partial charge on any atom is 0.265 e. The molecule has 3 aromatic rings. The molecule has 3 rings (SSSR count). The summed E-state index contributed by atoms with van der Waals surface area (Å²) in [6, 6.07) is 12.0. The molecule has 0 radical (unpaired) electrons. The molecule has 148 valence electrons. The average Bonchev–Trinajstić information content (AvgIpc) is 3.08. The fourth-order valence-corrected chi connectivity index (χ4v) is 4.15. The minimum Gasteiger partial charge on any atom is -0.495 e. The Morgan fingerprint density at radius 2 is 1.82 bits per heavy atom. The molecule has 0 aliphatic carbocycles. The number of anilines is 2. The summed E-state index contributed by atoms with van der Waals surface area (Å²) in [7, 11) is 1.36. The van der Waals surface area contributed by atoms with Crippen molar-refractivity contribution in [1.29, 1.82) is 0 Å². The van der Waals surface area contributed by atoms with Gasteiger partial charge in [0.1, 0.15) is 10.6 Å². The standard InChI is InChI=1S/C20H23N3O4S/c1-13-6-8-16(12-17(13)23(3)4)22-28(24,25)20-11-15(7-9-18(20)26-5)19-10-14(2)21-27-19/h6-12,22H,1-5H3. The van der Waals surface area contributed by atoms with Crippen molar-refractivity contribution in [3.8, 4) is 17.1 Å². The molecule has 1 N–H and O–H groups in total. The van der Waals surface area contributed by atoms with Crippen molar-refractivity contribution in [2.45, 2.75) is 18.7 Å². The first-order valence-electron chi connectivity index (χ1n) is 8.64. The Bertz CT molecular complexity index is 1100. The Morgan fingerprint density at radius 3 is 2.43 bits per heavy atom. The number of hydrogen-bond acceptors (Lipinski definition) is 6. The van der Waals surface area contributed by atoms with E-state index in [1.165, 1.54) is 13.2 Å². The van der Waals surface area contributed by atoms with Gasteiger partial charge >= 0.3 is 0 Å². The zero-order valence-corrected chi connectivity index (χ0v) is 17.3. The Labute approximate surface area is 165 Å². The monoisotopic (exact) mass is 401 g/mol. The van der Waals surface area contributed by atoms with E-state index in [4.69, 9.17) is 9.26 Å². The minimum absolute atomic E-state index is 0.0218. The summed E-state index contributed by atoms with van der Waals surface area (Å²) >= 11 is 0. The van der Waals surface area contributed by atoms with Crippen molar-refractivity contribution in [3.05, 3.63) is 53.7 Å². The summed E-state index contributed by atoms with van der Waals surface area (Å²) in [5.74, 6) is 0.731. The number of nitrogens with zero attached hydrogens (tertiary/aromatic N) is 2. The first kappa shape index (κ1) is 19.8. The van der Waals surface area contributed by atoms with Crippen LogP contribution >= 0.6 is 0 Å². The summed E-state index contributed by atoms with van der Waals surface area (Å²) in [4.78, 5) is 1.95. The van der Waals surface area contributed by atoms with Crippen molar-refractivity contribution in [1.82, 2.24) is 5.16 Å². The maximum atomic E-state index is 13.1. The number of hydrogen-bond donors (Lipinski definition) is 1. The molecule has 0 spiro atoms. The highest BCUT2D eigenvalue weighted by Crippen LogP contribution is 2.32. The molecule has 0 bridgehead atoms. The summed E-state index contributed by atoms with van der Waals surface area (Å²) in [6.07, 6.45) is 0. The van der Waals surface area contributed by atoms with E-state index in [0.717, 1.165) is 11.3 Å². The molecule has 0 saturated heterocycles. The van der Waals surface area contributed by atoms with Crippen molar-refractivity contribution >= 4 is 21.4 Å². The van der Waals surface area contributed by atoms with Crippen LogP contribution in [0.15, 0.2) is 51.9 Å². The first-order chi connectivity index (χ1) is 13.2. The molecule has 1 aromatic heterocycles. The van der Waals surface area contributed by atoms with Gasteiger partial charge in [0.15, 0.2) is 5.76 Å². The third-order valence-corrected chi connectivity index (χ3v) is 5.71. The van der Waals surface area contributed by atoms with Crippen LogP contribution in [-0.4, -0.2) is 34.8 Å². The van der Waals surface area contributed by atoms with Crippen LogP contribution in [0.2, 0.25) is 0 Å². The fraction of sp³-hybridized carbons (Fsp3) is 0.250. The van der Waals surface area contributed by atoms with Crippen molar-refractivity contribution < 1.29 is 17.7 Å². The Morgan fingerprint density at radius 1 is 1.07 bits per heavy atom. The van der Waals surface area contributed by atoms with E-state index in [-0.39, 0.29) is 10.6 Å². The lowest BCUT2D eigenvalue weighted by Gasteiger charge is -2.18. The first-order valence-corrected chi connectivity index (χ1v) is 10.1. The highest BCUT2D eigenvalue weighted by molar-refractivity contribution is 7.92. The molecule has 7 nitrogen and oxygen atoms in total. The molecule has 0 unspecified atom stereocenters. The second-order valence-electron chi connectivity index (χ2n) is 6.70. The molecule has 8 heteroatoms. The quantitative estimate of drug-likeness (QED) is 0.676. The molecular weight excluding hydrogens is 378 g/mol. The fourth-order valence-electron chi connectivity index (χ4n) is 2.90. The normalized spacial score (nSPS) is 11.3. The van der Waals surface area contributed by atoms with Crippen LogP contribution in [-0.2, 0) is 10.0 Å². The van der Waals surface area contributed by atoms with E-state index in [1.54, 1.807) is 37.3 Å². The summed E-state index contributed by atoms with van der Waals surface area (Å²) in [5.41, 5.74) is 3.76. The highest BCUT2D eigenvalue weighted by atomic mass is 32.2. The van der Waals surface area contributed by atoms with Gasteiger partial charge < -0.3 is 14.2 Å². The van der Waals surface area contributed by atoms with Crippen molar-refractivity contribution in [3.63, 3.8) is 0 Å². The van der Waals surface area contributed by atoms with Gasteiger partial charge in [0, 0.05) is 31.4 Å². The Balaban J connectivity index is 2.02. The lowest BCUT2D eigenvalue weighted by molar-refractivity contribution is 0.402. The Kier molecular flexibility index (Phi) is 5.33. The predicted molar refractivity (Wildman–Crippen MR) is 110 cm³/mol. The topological polar surface area (TPSA) is 84.7 Å². The predicted octanol–water partition coefficient (Wildman–Crippen LogP) is 3.83. The van der Waals surface area contributed by atoms with E-state index < -0.39 is 10.0 Å². The van der Waals surface area contributed by atoms with Crippen LogP contribution < -0.4 is 14.4 Å². The smallest absolute Gasteiger partial charge is 0.265 e. The zero-order chi connectivity index (χ0) is 20.5. The van der Waals surface area contributed by atoms with Crippen molar-refractivity contribution in [2.75, 3.05) is 30.8 Å². The van der Waals surface area contributed by atoms with E-state index in [9.17, 15) is 8.42 Å². The largest absolute Gasteiger partial charge is 0.495 e. The van der Waals surface area contributed by atoms with Gasteiger partial charge in [-0.25, -0.2) is 8.42 Å². The molecule has 0 atom stereocenters. The number of ether oxygens (including phenoxy) is 1. The number of rotatable bonds is 6. The van der Waals surface area contributed by atoms with Gasteiger partial charge in [0.25, 0.3) is 10.0 Å². The van der Waals surface area contributed by atoms with Gasteiger partial charge in [0.2, 0.25) is 0 Å². The number of methoxy groups -OCH3 is 1. The van der Waals surface area contributed by atoms with Gasteiger partial charge in [0.05, 0.1) is 18.5 Å². The molecule has 0 amide bonds. The van der Waals surface area contributed by atoms with Crippen LogP contribution in [0, 0.1) is 13.8 Å². The lowest BCUT2D eigenvalue weighted by atomic mass is 10.1. The van der Waals surface area contributed by atoms with Gasteiger partial charge in [-0.15, -0.1) is 0 Å². The third kappa shape index (κ3) is 3.96. The Hall–Kier alpha value is -3.00. The van der Waals surface area contributed by atoms with Crippen LogP contribution in [0.25, 0.3) is 11.3 Å². The molecule has 2 aromatic carbocycles. The number of aryl methyl sites for hydroxylation is 2. The average molecular weight is 401 g/mol. The van der Waals surface area contributed by atoms with Crippen molar-refractivity contribution in [2.24, 2.45) is 0 Å². The second-order valence-corrected chi connectivity index (χ2v) is 8.35. The lowest BCUT2D eigenvalue weighted by Crippen LogP contribution is -2.15. The number of benzene rings is 2. The van der Waals surface area contributed by atoms with Gasteiger partial charge in [-0.1, -0.05) is 11.2 Å². The van der Waals surface area contributed by atoms with Crippen LogP contribution in [0.3, 0.4) is 0 Å². The van der Waals surface area contributed by atoms with Crippen LogP contribution in [0.5, 0.6) is 5.75 Å². The number of nitrogens with one attached hydrogen (secondary N) is 1. The van der Waals surface area contributed by atoms with E-state index in [0.29, 0.717) is 22.7 Å². The van der Waals surface area contributed by atoms with Gasteiger partial charge in [-0.05, 0) is 49.7 Å². The summed E-state index contributed by atoms with van der Waals surface area (Å²) in [5, 5.41) is 3.85. The molecular formula is C20H23N3O4S. The van der Waals surface area contributed by atoms with Gasteiger partial charge in [-0.2, -0.15) is 0 Å². The molecule has 0 aliphatic heterocycles. The summed E-state index contributed by atoms with van der Waals surface area (Å²) in [6.45, 7) is 3.77. The molecule has 1 heterocycles.